The molecule has 6 nitrogen and oxygen atoms in total. The fourth-order valence-corrected chi connectivity index (χ4v) is 2.31. The zero-order chi connectivity index (χ0) is 13.8. The molecule has 2 N–H and O–H groups in total. The van der Waals surface area contributed by atoms with Crippen molar-refractivity contribution in [1.82, 2.24) is 4.90 Å². The summed E-state index contributed by atoms with van der Waals surface area (Å²) < 4.78 is 0. The zero-order valence-corrected chi connectivity index (χ0v) is 11.8. The number of nitrogens with zero attached hydrogens (tertiary/aromatic N) is 2. The Hall–Kier alpha value is -1.66. The molecule has 1 heterocycles. The van der Waals surface area contributed by atoms with E-state index in [0.717, 1.165) is 12.8 Å². The molecule has 1 fully saturated rings. The minimum atomic E-state index is -0.489. The van der Waals surface area contributed by atoms with E-state index in [2.05, 4.69) is 0 Å². The Morgan fingerprint density at radius 1 is 1.40 bits per heavy atom. The summed E-state index contributed by atoms with van der Waals surface area (Å²) in [5, 5.41) is 10.7. The van der Waals surface area contributed by atoms with Crippen LogP contribution in [0, 0.1) is 16.0 Å². The molecule has 1 aliphatic heterocycles. The summed E-state index contributed by atoms with van der Waals surface area (Å²) in [7, 11) is 0. The number of carbonyl (C=O) groups is 1. The second-order valence-corrected chi connectivity index (χ2v) is 4.78. The van der Waals surface area contributed by atoms with Gasteiger partial charge in [-0.1, -0.05) is 6.07 Å². The summed E-state index contributed by atoms with van der Waals surface area (Å²) in [5.74, 6) is 0.341. The maximum atomic E-state index is 12.2. The normalized spacial score (nSPS) is 15.6. The van der Waals surface area contributed by atoms with Crippen LogP contribution in [0.2, 0.25) is 0 Å². The lowest BCUT2D eigenvalue weighted by molar-refractivity contribution is -0.384. The van der Waals surface area contributed by atoms with Crippen molar-refractivity contribution in [3.8, 4) is 0 Å². The highest BCUT2D eigenvalue weighted by atomic mass is 35.5. The number of hydrogen-bond donors (Lipinski definition) is 1. The van der Waals surface area contributed by atoms with Crippen LogP contribution in [-0.2, 0) is 0 Å². The van der Waals surface area contributed by atoms with E-state index in [1.807, 2.05) is 0 Å². The fraction of sp³-hybridized carbons (Fsp3) is 0.462. The van der Waals surface area contributed by atoms with Crippen molar-refractivity contribution in [2.24, 2.45) is 11.7 Å². The first-order chi connectivity index (χ1) is 9.11. The van der Waals surface area contributed by atoms with Gasteiger partial charge in [0.1, 0.15) is 0 Å². The second kappa shape index (κ2) is 7.21. The minimum absolute atomic E-state index is 0. The van der Waals surface area contributed by atoms with E-state index in [-0.39, 0.29) is 24.0 Å². The predicted octanol–water partition coefficient (Wildman–Crippen LogP) is 1.83. The van der Waals surface area contributed by atoms with Gasteiger partial charge < -0.3 is 10.6 Å². The van der Waals surface area contributed by atoms with Crippen molar-refractivity contribution in [1.29, 1.82) is 0 Å². The monoisotopic (exact) mass is 299 g/mol. The molecular weight excluding hydrogens is 282 g/mol. The van der Waals surface area contributed by atoms with Crippen LogP contribution in [0.25, 0.3) is 0 Å². The molecule has 2 rings (SSSR count). The van der Waals surface area contributed by atoms with Gasteiger partial charge in [-0.2, -0.15) is 0 Å². The highest BCUT2D eigenvalue weighted by Crippen LogP contribution is 2.20. The number of rotatable bonds is 3. The average molecular weight is 300 g/mol. The molecular formula is C13H18ClN3O3. The lowest BCUT2D eigenvalue weighted by Gasteiger charge is -2.31. The molecule has 0 aromatic heterocycles. The Labute approximate surface area is 123 Å². The standard InChI is InChI=1S/C13H17N3O3.ClH/c14-9-10-4-6-15(7-5-10)13(17)11-2-1-3-12(8-11)16(18)19;/h1-3,8,10H,4-7,9,14H2;1H. The van der Waals surface area contributed by atoms with Gasteiger partial charge in [-0.15, -0.1) is 12.4 Å². The SMILES string of the molecule is Cl.NCC1CCN(C(=O)c2cccc([N+](=O)[O-])c2)CC1. The first-order valence-corrected chi connectivity index (χ1v) is 6.35. The molecule has 0 aliphatic carbocycles. The number of nitrogens with two attached hydrogens (primary N) is 1. The van der Waals surface area contributed by atoms with Gasteiger partial charge in [-0.3, -0.25) is 14.9 Å². The largest absolute Gasteiger partial charge is 0.339 e. The van der Waals surface area contributed by atoms with E-state index in [4.69, 9.17) is 5.73 Å². The van der Waals surface area contributed by atoms with E-state index >= 15 is 0 Å². The smallest absolute Gasteiger partial charge is 0.270 e. The number of nitro groups is 1. The maximum Gasteiger partial charge on any atom is 0.270 e. The Morgan fingerprint density at radius 3 is 2.60 bits per heavy atom. The van der Waals surface area contributed by atoms with Gasteiger partial charge in [0.05, 0.1) is 4.92 Å². The molecule has 1 aromatic rings. The lowest BCUT2D eigenvalue weighted by Crippen LogP contribution is -2.40. The molecule has 1 aliphatic rings. The van der Waals surface area contributed by atoms with Gasteiger partial charge in [0.15, 0.2) is 0 Å². The Bertz CT molecular complexity index is 488. The van der Waals surface area contributed by atoms with E-state index in [9.17, 15) is 14.9 Å². The first-order valence-electron chi connectivity index (χ1n) is 6.35. The molecule has 20 heavy (non-hydrogen) atoms. The van der Waals surface area contributed by atoms with Crippen molar-refractivity contribution in [3.63, 3.8) is 0 Å². The minimum Gasteiger partial charge on any atom is -0.339 e. The third-order valence-electron chi connectivity index (χ3n) is 3.54. The summed E-state index contributed by atoms with van der Waals surface area (Å²) in [6, 6.07) is 5.87. The van der Waals surface area contributed by atoms with Crippen molar-refractivity contribution in [2.45, 2.75) is 12.8 Å². The van der Waals surface area contributed by atoms with Gasteiger partial charge >= 0.3 is 0 Å². The number of non-ortho nitro benzene ring substituents is 1. The van der Waals surface area contributed by atoms with Crippen LogP contribution in [0.4, 0.5) is 5.69 Å². The molecule has 1 aromatic carbocycles. The topological polar surface area (TPSA) is 89.5 Å². The number of hydrogen-bond acceptors (Lipinski definition) is 4. The molecule has 0 atom stereocenters. The molecule has 1 amide bonds. The molecule has 7 heteroatoms. The zero-order valence-electron chi connectivity index (χ0n) is 11.0. The third-order valence-corrected chi connectivity index (χ3v) is 3.54. The number of nitro benzene ring substituents is 1. The summed E-state index contributed by atoms with van der Waals surface area (Å²) in [6.45, 7) is 1.99. The van der Waals surface area contributed by atoms with Gasteiger partial charge in [0.25, 0.3) is 11.6 Å². The molecule has 0 unspecified atom stereocenters. The highest BCUT2D eigenvalue weighted by Gasteiger charge is 2.23. The highest BCUT2D eigenvalue weighted by molar-refractivity contribution is 5.94. The first kappa shape index (κ1) is 16.4. The molecule has 0 bridgehead atoms. The lowest BCUT2D eigenvalue weighted by atomic mass is 9.96. The van der Waals surface area contributed by atoms with E-state index in [0.29, 0.717) is 31.1 Å². The van der Waals surface area contributed by atoms with Crippen LogP contribution in [0.1, 0.15) is 23.2 Å². The summed E-state index contributed by atoms with van der Waals surface area (Å²) in [4.78, 5) is 24.2. The summed E-state index contributed by atoms with van der Waals surface area (Å²) in [5.41, 5.74) is 5.93. The average Bonchev–Trinajstić information content (AvgIpc) is 2.46. The van der Waals surface area contributed by atoms with Crippen molar-refractivity contribution < 1.29 is 9.72 Å². The molecule has 0 spiro atoms. The summed E-state index contributed by atoms with van der Waals surface area (Å²) >= 11 is 0. The van der Waals surface area contributed by atoms with E-state index < -0.39 is 4.92 Å². The van der Waals surface area contributed by atoms with Crippen molar-refractivity contribution in [3.05, 3.63) is 39.9 Å². The molecule has 1 saturated heterocycles. The van der Waals surface area contributed by atoms with Crippen LogP contribution >= 0.6 is 12.4 Å². The maximum absolute atomic E-state index is 12.2. The Kier molecular flexibility index (Phi) is 5.91. The van der Waals surface area contributed by atoms with Gasteiger partial charge in [0, 0.05) is 30.8 Å². The number of amides is 1. The molecule has 0 saturated carbocycles. The molecule has 110 valence electrons. The Morgan fingerprint density at radius 2 is 2.05 bits per heavy atom. The van der Waals surface area contributed by atoms with Gasteiger partial charge in [-0.25, -0.2) is 0 Å². The van der Waals surface area contributed by atoms with Crippen LogP contribution in [-0.4, -0.2) is 35.4 Å². The van der Waals surface area contributed by atoms with Crippen LogP contribution in [0.15, 0.2) is 24.3 Å². The summed E-state index contributed by atoms with van der Waals surface area (Å²) in [6.07, 6.45) is 1.80. The number of carbonyl (C=O) groups excluding carboxylic acids is 1. The van der Waals surface area contributed by atoms with Gasteiger partial charge in [-0.05, 0) is 31.4 Å². The second-order valence-electron chi connectivity index (χ2n) is 4.78. The van der Waals surface area contributed by atoms with E-state index in [1.165, 1.54) is 18.2 Å². The number of halogens is 1. The third kappa shape index (κ3) is 3.68. The Balaban J connectivity index is 0.00000200. The van der Waals surface area contributed by atoms with Crippen LogP contribution < -0.4 is 5.73 Å². The predicted molar refractivity (Wildman–Crippen MR) is 78.0 cm³/mol. The number of piperidine rings is 1. The quantitative estimate of drug-likeness (QED) is 0.681. The van der Waals surface area contributed by atoms with Crippen molar-refractivity contribution >= 4 is 24.0 Å². The molecule has 0 radical (unpaired) electrons. The van der Waals surface area contributed by atoms with Gasteiger partial charge in [0.2, 0.25) is 0 Å². The van der Waals surface area contributed by atoms with Crippen molar-refractivity contribution in [2.75, 3.05) is 19.6 Å². The van der Waals surface area contributed by atoms with Crippen LogP contribution in [0.3, 0.4) is 0 Å². The van der Waals surface area contributed by atoms with Crippen LogP contribution in [0.5, 0.6) is 0 Å². The number of likely N-dealkylation sites (tertiary alicyclic amines) is 1. The van der Waals surface area contributed by atoms with E-state index in [1.54, 1.807) is 11.0 Å². The fourth-order valence-electron chi connectivity index (χ4n) is 2.31. The number of benzene rings is 1.